The van der Waals surface area contributed by atoms with Crippen LogP contribution in [0.5, 0.6) is 0 Å². The molecule has 0 saturated heterocycles. The van der Waals surface area contributed by atoms with Gasteiger partial charge in [-0.1, -0.05) is 0 Å². The van der Waals surface area contributed by atoms with Crippen LogP contribution in [0.25, 0.3) is 0 Å². The van der Waals surface area contributed by atoms with Gasteiger partial charge in [0.25, 0.3) is 5.91 Å². The number of aryl methyl sites for hydroxylation is 1. The number of amides is 1. The molecule has 6 nitrogen and oxygen atoms in total. The van der Waals surface area contributed by atoms with Gasteiger partial charge in [-0.3, -0.25) is 15.1 Å². The van der Waals surface area contributed by atoms with Crippen LogP contribution in [0.3, 0.4) is 0 Å². The molecular weight excluding hydrogens is 226 g/mol. The van der Waals surface area contributed by atoms with Crippen LogP contribution in [0, 0.1) is 6.92 Å². The van der Waals surface area contributed by atoms with Gasteiger partial charge in [0.1, 0.15) is 11.5 Å². The van der Waals surface area contributed by atoms with Gasteiger partial charge in [0.2, 0.25) is 0 Å². The number of rotatable bonds is 2. The Hall–Kier alpha value is -2.02. The third-order valence-electron chi connectivity index (χ3n) is 1.73. The molecule has 0 fully saturated rings. The van der Waals surface area contributed by atoms with Crippen LogP contribution in [0.4, 0.5) is 10.9 Å². The lowest BCUT2D eigenvalue weighted by atomic mass is 10.4. The summed E-state index contributed by atoms with van der Waals surface area (Å²) in [5.41, 5.74) is 6.46. The molecule has 0 bridgehead atoms. The minimum absolute atomic E-state index is 0.174. The predicted octanol–water partition coefficient (Wildman–Crippen LogP) is 1.08. The molecule has 2 aromatic heterocycles. The first-order valence-corrected chi connectivity index (χ1v) is 5.34. The molecule has 1 amide bonds. The second kappa shape index (κ2) is 4.23. The van der Waals surface area contributed by atoms with Crippen LogP contribution in [-0.4, -0.2) is 20.9 Å². The summed E-state index contributed by atoms with van der Waals surface area (Å²) in [6.45, 7) is 1.85. The maximum Gasteiger partial charge on any atom is 0.277 e. The first-order chi connectivity index (χ1) is 7.65. The van der Waals surface area contributed by atoms with Crippen LogP contribution in [-0.2, 0) is 0 Å². The van der Waals surface area contributed by atoms with Crippen molar-refractivity contribution >= 4 is 28.2 Å². The summed E-state index contributed by atoms with van der Waals surface area (Å²) in [7, 11) is 0. The smallest absolute Gasteiger partial charge is 0.277 e. The summed E-state index contributed by atoms with van der Waals surface area (Å²) in [5, 5.41) is 5.00. The van der Waals surface area contributed by atoms with Gasteiger partial charge >= 0.3 is 0 Å². The maximum atomic E-state index is 11.7. The second-order valence-electron chi connectivity index (χ2n) is 3.08. The van der Waals surface area contributed by atoms with Crippen molar-refractivity contribution in [1.29, 1.82) is 0 Å². The number of aromatic nitrogens is 3. The number of carbonyl (C=O) groups is 1. The Morgan fingerprint density at radius 3 is 2.88 bits per heavy atom. The number of nitrogen functional groups attached to an aromatic ring is 1. The number of hydrogen-bond donors (Lipinski definition) is 2. The molecule has 7 heteroatoms. The van der Waals surface area contributed by atoms with Gasteiger partial charge in [-0.25, -0.2) is 9.97 Å². The zero-order valence-electron chi connectivity index (χ0n) is 8.47. The Balaban J connectivity index is 2.14. The Labute approximate surface area is 95.6 Å². The number of nitrogens with one attached hydrogen (secondary N) is 1. The Bertz CT molecular complexity index is 524. The summed E-state index contributed by atoms with van der Waals surface area (Å²) >= 11 is 1.35. The molecule has 16 heavy (non-hydrogen) atoms. The summed E-state index contributed by atoms with van der Waals surface area (Å²) in [6, 6.07) is 0. The second-order valence-corrected chi connectivity index (χ2v) is 3.94. The third-order valence-corrected chi connectivity index (χ3v) is 2.60. The quantitative estimate of drug-likeness (QED) is 0.812. The average Bonchev–Trinajstić information content (AvgIpc) is 2.64. The Morgan fingerprint density at radius 1 is 1.44 bits per heavy atom. The highest BCUT2D eigenvalue weighted by Crippen LogP contribution is 2.15. The van der Waals surface area contributed by atoms with E-state index in [0.29, 0.717) is 5.13 Å². The van der Waals surface area contributed by atoms with E-state index in [4.69, 9.17) is 5.73 Å². The molecule has 2 aromatic rings. The fraction of sp³-hybridized carbons (Fsp3) is 0.111. The van der Waals surface area contributed by atoms with Crippen molar-refractivity contribution < 1.29 is 4.79 Å². The molecule has 0 aliphatic carbocycles. The van der Waals surface area contributed by atoms with Crippen molar-refractivity contribution in [2.24, 2.45) is 0 Å². The molecule has 0 radical (unpaired) electrons. The average molecular weight is 235 g/mol. The van der Waals surface area contributed by atoms with Gasteiger partial charge in [0, 0.05) is 5.38 Å². The number of thiazole rings is 1. The molecule has 3 N–H and O–H groups in total. The van der Waals surface area contributed by atoms with Gasteiger partial charge < -0.3 is 5.73 Å². The van der Waals surface area contributed by atoms with Crippen molar-refractivity contribution in [3.05, 3.63) is 29.2 Å². The monoisotopic (exact) mass is 235 g/mol. The number of nitrogens with zero attached hydrogens (tertiary/aromatic N) is 3. The van der Waals surface area contributed by atoms with Crippen LogP contribution in [0.2, 0.25) is 0 Å². The Morgan fingerprint density at radius 2 is 2.25 bits per heavy atom. The summed E-state index contributed by atoms with van der Waals surface area (Å²) in [4.78, 5) is 23.4. The molecule has 82 valence electrons. The highest BCUT2D eigenvalue weighted by atomic mass is 32.1. The Kier molecular flexibility index (Phi) is 2.78. The van der Waals surface area contributed by atoms with E-state index in [1.54, 1.807) is 0 Å². The zero-order chi connectivity index (χ0) is 11.5. The third kappa shape index (κ3) is 2.31. The van der Waals surface area contributed by atoms with E-state index in [-0.39, 0.29) is 17.4 Å². The van der Waals surface area contributed by atoms with Crippen molar-refractivity contribution in [2.45, 2.75) is 6.92 Å². The predicted molar refractivity (Wildman–Crippen MR) is 61.2 cm³/mol. The number of anilines is 2. The van der Waals surface area contributed by atoms with Crippen molar-refractivity contribution in [3.8, 4) is 0 Å². The molecule has 2 heterocycles. The van der Waals surface area contributed by atoms with Gasteiger partial charge in [-0.2, -0.15) is 0 Å². The normalized spacial score (nSPS) is 10.1. The minimum atomic E-state index is -0.367. The SMILES string of the molecule is Cc1csc(NC(=O)c2cncc(N)n2)n1. The van der Waals surface area contributed by atoms with Gasteiger partial charge in [-0.05, 0) is 6.92 Å². The van der Waals surface area contributed by atoms with E-state index in [9.17, 15) is 4.79 Å². The molecule has 2 rings (SSSR count). The standard InChI is InChI=1S/C9H9N5OS/c1-5-4-16-9(12-5)14-8(15)6-2-11-3-7(10)13-6/h2-4H,1H3,(H2,10,13)(H,12,14,15). The first kappa shape index (κ1) is 10.5. The maximum absolute atomic E-state index is 11.7. The highest BCUT2D eigenvalue weighted by molar-refractivity contribution is 7.13. The van der Waals surface area contributed by atoms with E-state index in [0.717, 1.165) is 5.69 Å². The molecule has 0 atom stereocenters. The zero-order valence-corrected chi connectivity index (χ0v) is 9.28. The van der Waals surface area contributed by atoms with E-state index < -0.39 is 0 Å². The van der Waals surface area contributed by atoms with Gasteiger partial charge in [0.05, 0.1) is 18.1 Å². The van der Waals surface area contributed by atoms with Crippen molar-refractivity contribution in [2.75, 3.05) is 11.1 Å². The van der Waals surface area contributed by atoms with E-state index >= 15 is 0 Å². The summed E-state index contributed by atoms with van der Waals surface area (Å²) < 4.78 is 0. The minimum Gasteiger partial charge on any atom is -0.382 e. The number of nitrogens with two attached hydrogens (primary N) is 1. The summed E-state index contributed by atoms with van der Waals surface area (Å²) in [6.07, 6.45) is 2.73. The fourth-order valence-corrected chi connectivity index (χ4v) is 1.75. The van der Waals surface area contributed by atoms with E-state index in [1.165, 1.54) is 23.7 Å². The fourth-order valence-electron chi connectivity index (χ4n) is 1.06. The van der Waals surface area contributed by atoms with Gasteiger partial charge in [0.15, 0.2) is 5.13 Å². The number of hydrogen-bond acceptors (Lipinski definition) is 6. The molecule has 0 saturated carbocycles. The molecule has 0 aliphatic heterocycles. The van der Waals surface area contributed by atoms with Crippen LogP contribution < -0.4 is 11.1 Å². The highest BCUT2D eigenvalue weighted by Gasteiger charge is 2.10. The molecule has 0 aliphatic rings. The lowest BCUT2D eigenvalue weighted by Gasteiger charge is -2.00. The first-order valence-electron chi connectivity index (χ1n) is 4.46. The van der Waals surface area contributed by atoms with Crippen LogP contribution in [0.15, 0.2) is 17.8 Å². The van der Waals surface area contributed by atoms with Crippen molar-refractivity contribution in [3.63, 3.8) is 0 Å². The molecule has 0 unspecified atom stereocenters. The van der Waals surface area contributed by atoms with Crippen LogP contribution in [0.1, 0.15) is 16.2 Å². The molecular formula is C9H9N5OS. The van der Waals surface area contributed by atoms with E-state index in [2.05, 4.69) is 20.3 Å². The lowest BCUT2D eigenvalue weighted by Crippen LogP contribution is -2.14. The molecule has 0 aromatic carbocycles. The summed E-state index contributed by atoms with van der Waals surface area (Å²) in [5.74, 6) is -0.155. The topological polar surface area (TPSA) is 93.8 Å². The van der Waals surface area contributed by atoms with Gasteiger partial charge in [-0.15, -0.1) is 11.3 Å². The largest absolute Gasteiger partial charge is 0.382 e. The van der Waals surface area contributed by atoms with Crippen molar-refractivity contribution in [1.82, 2.24) is 15.0 Å². The van der Waals surface area contributed by atoms with E-state index in [1.807, 2.05) is 12.3 Å². The lowest BCUT2D eigenvalue weighted by molar-refractivity contribution is 0.102. The molecule has 0 spiro atoms. The number of carbonyl (C=O) groups excluding carboxylic acids is 1. The van der Waals surface area contributed by atoms with Crippen LogP contribution >= 0.6 is 11.3 Å².